The van der Waals surface area contributed by atoms with Gasteiger partial charge in [0, 0.05) is 12.2 Å². The van der Waals surface area contributed by atoms with E-state index in [-0.39, 0.29) is 5.41 Å². The minimum absolute atomic E-state index is 0.108. The van der Waals surface area contributed by atoms with E-state index in [0.29, 0.717) is 12.5 Å². The third kappa shape index (κ3) is 6.22. The summed E-state index contributed by atoms with van der Waals surface area (Å²) in [6, 6.07) is 0. The maximum atomic E-state index is 11.0. The van der Waals surface area contributed by atoms with Gasteiger partial charge in [0.05, 0.1) is 6.61 Å². The van der Waals surface area contributed by atoms with Crippen LogP contribution in [0.15, 0.2) is 12.2 Å². The number of rotatable bonds is 6. The molecule has 0 bridgehead atoms. The summed E-state index contributed by atoms with van der Waals surface area (Å²) in [5, 5.41) is 8.30. The lowest BCUT2D eigenvalue weighted by atomic mass is 9.79. The fraction of sp³-hybridized carbons (Fsp3) is 0.667. The lowest BCUT2D eigenvalue weighted by Gasteiger charge is -2.28. The number of carboxylic acid groups (broad SMARTS) is 1. The number of ether oxygens (including phenoxy) is 1. The highest BCUT2D eigenvalue weighted by Gasteiger charge is 2.22. The van der Waals surface area contributed by atoms with E-state index in [2.05, 4.69) is 27.7 Å². The van der Waals surface area contributed by atoms with E-state index >= 15 is 0 Å². The van der Waals surface area contributed by atoms with Crippen molar-refractivity contribution >= 4 is 11.9 Å². The van der Waals surface area contributed by atoms with Crippen LogP contribution >= 0.6 is 0 Å². The molecule has 0 rings (SSSR count). The zero-order valence-corrected chi connectivity index (χ0v) is 10.3. The molecule has 0 fully saturated rings. The third-order valence-electron chi connectivity index (χ3n) is 2.92. The van der Waals surface area contributed by atoms with Gasteiger partial charge in [0.2, 0.25) is 0 Å². The van der Waals surface area contributed by atoms with Crippen molar-refractivity contribution < 1.29 is 19.4 Å². The topological polar surface area (TPSA) is 63.6 Å². The Kier molecular flexibility index (Phi) is 5.78. The highest BCUT2D eigenvalue weighted by molar-refractivity contribution is 5.90. The molecule has 0 aliphatic carbocycles. The molecule has 0 aromatic carbocycles. The van der Waals surface area contributed by atoms with Crippen LogP contribution in [-0.4, -0.2) is 23.7 Å². The monoisotopic (exact) mass is 228 g/mol. The summed E-state index contributed by atoms with van der Waals surface area (Å²) in [5.74, 6) is -1.26. The van der Waals surface area contributed by atoms with E-state index in [4.69, 9.17) is 9.84 Å². The Hall–Kier alpha value is -1.32. The highest BCUT2D eigenvalue weighted by Crippen LogP contribution is 2.29. The van der Waals surface area contributed by atoms with Crippen LogP contribution in [0.1, 0.15) is 34.1 Å². The van der Waals surface area contributed by atoms with Gasteiger partial charge >= 0.3 is 11.9 Å². The SMILES string of the molecule is CC(C)C(C)(C)CCOC(=O)/C=C\C(=O)O. The Morgan fingerprint density at radius 1 is 1.31 bits per heavy atom. The summed E-state index contributed by atoms with van der Waals surface area (Å²) >= 11 is 0. The predicted octanol–water partition coefficient (Wildman–Crippen LogP) is 2.24. The van der Waals surface area contributed by atoms with Gasteiger partial charge in [-0.05, 0) is 17.8 Å². The second-order valence-electron chi connectivity index (χ2n) is 4.73. The second-order valence-corrected chi connectivity index (χ2v) is 4.73. The predicted molar refractivity (Wildman–Crippen MR) is 61.0 cm³/mol. The molecule has 0 aliphatic heterocycles. The van der Waals surface area contributed by atoms with Gasteiger partial charge in [0.1, 0.15) is 0 Å². The van der Waals surface area contributed by atoms with Gasteiger partial charge in [-0.1, -0.05) is 27.7 Å². The van der Waals surface area contributed by atoms with Crippen molar-refractivity contribution in [1.82, 2.24) is 0 Å². The molecule has 0 spiro atoms. The molecule has 0 aliphatic rings. The van der Waals surface area contributed by atoms with Crippen molar-refractivity contribution in [1.29, 1.82) is 0 Å². The smallest absolute Gasteiger partial charge is 0.331 e. The maximum absolute atomic E-state index is 11.0. The molecular weight excluding hydrogens is 208 g/mol. The molecule has 92 valence electrons. The number of hydrogen-bond donors (Lipinski definition) is 1. The normalized spacial score (nSPS) is 12.1. The molecule has 0 unspecified atom stereocenters. The maximum Gasteiger partial charge on any atom is 0.331 e. The van der Waals surface area contributed by atoms with Crippen LogP contribution in [0.25, 0.3) is 0 Å². The van der Waals surface area contributed by atoms with Crippen molar-refractivity contribution in [2.24, 2.45) is 11.3 Å². The van der Waals surface area contributed by atoms with Crippen LogP contribution in [0.4, 0.5) is 0 Å². The standard InChI is InChI=1S/C12H20O4/c1-9(2)12(3,4)7-8-16-11(15)6-5-10(13)14/h5-6,9H,7-8H2,1-4H3,(H,13,14)/b6-5-. The fourth-order valence-electron chi connectivity index (χ4n) is 0.891. The molecule has 16 heavy (non-hydrogen) atoms. The minimum atomic E-state index is -1.15. The zero-order chi connectivity index (χ0) is 12.8. The first-order chi connectivity index (χ1) is 7.25. The zero-order valence-electron chi connectivity index (χ0n) is 10.3. The number of carboxylic acids is 1. The van der Waals surface area contributed by atoms with Crippen molar-refractivity contribution in [3.05, 3.63) is 12.2 Å². The number of hydrogen-bond acceptors (Lipinski definition) is 3. The number of esters is 1. The van der Waals surface area contributed by atoms with Gasteiger partial charge in [-0.2, -0.15) is 0 Å². The van der Waals surface area contributed by atoms with Crippen LogP contribution in [0.3, 0.4) is 0 Å². The summed E-state index contributed by atoms with van der Waals surface area (Å²) in [6.45, 7) is 8.77. The lowest BCUT2D eigenvalue weighted by molar-refractivity contribution is -0.139. The Morgan fingerprint density at radius 2 is 1.88 bits per heavy atom. The summed E-state index contributed by atoms with van der Waals surface area (Å²) in [7, 11) is 0. The van der Waals surface area contributed by atoms with Crippen molar-refractivity contribution in [2.75, 3.05) is 6.61 Å². The average molecular weight is 228 g/mol. The first kappa shape index (κ1) is 14.7. The first-order valence-corrected chi connectivity index (χ1v) is 5.33. The Labute approximate surface area is 96.3 Å². The minimum Gasteiger partial charge on any atom is -0.478 e. The van der Waals surface area contributed by atoms with Gasteiger partial charge in [0.15, 0.2) is 0 Å². The van der Waals surface area contributed by atoms with Gasteiger partial charge < -0.3 is 9.84 Å². The summed E-state index contributed by atoms with van der Waals surface area (Å²) in [6.07, 6.45) is 2.46. The molecule has 0 saturated heterocycles. The van der Waals surface area contributed by atoms with Crippen LogP contribution < -0.4 is 0 Å². The van der Waals surface area contributed by atoms with Crippen molar-refractivity contribution in [3.8, 4) is 0 Å². The molecule has 0 heterocycles. The summed E-state index contributed by atoms with van der Waals surface area (Å²) in [5.41, 5.74) is 0.108. The highest BCUT2D eigenvalue weighted by atomic mass is 16.5. The number of carbonyl (C=O) groups is 2. The molecule has 0 aromatic rings. The van der Waals surface area contributed by atoms with Crippen LogP contribution in [0, 0.1) is 11.3 Å². The van der Waals surface area contributed by atoms with E-state index in [0.717, 1.165) is 18.6 Å². The van der Waals surface area contributed by atoms with E-state index in [9.17, 15) is 9.59 Å². The molecule has 0 amide bonds. The molecular formula is C12H20O4. The van der Waals surface area contributed by atoms with Gasteiger partial charge in [-0.3, -0.25) is 0 Å². The molecule has 4 nitrogen and oxygen atoms in total. The molecule has 4 heteroatoms. The van der Waals surface area contributed by atoms with E-state index in [1.54, 1.807) is 0 Å². The number of carbonyl (C=O) groups excluding carboxylic acids is 1. The number of aliphatic carboxylic acids is 1. The van der Waals surface area contributed by atoms with E-state index in [1.807, 2.05) is 0 Å². The summed E-state index contributed by atoms with van der Waals surface area (Å²) in [4.78, 5) is 21.2. The van der Waals surface area contributed by atoms with Crippen LogP contribution in [0.2, 0.25) is 0 Å². The summed E-state index contributed by atoms with van der Waals surface area (Å²) < 4.78 is 4.89. The van der Waals surface area contributed by atoms with Gasteiger partial charge in [-0.15, -0.1) is 0 Å². The molecule has 0 atom stereocenters. The molecule has 0 saturated carbocycles. The Morgan fingerprint density at radius 3 is 2.31 bits per heavy atom. The van der Waals surface area contributed by atoms with Gasteiger partial charge in [0.25, 0.3) is 0 Å². The second kappa shape index (κ2) is 6.30. The molecule has 1 N–H and O–H groups in total. The Bertz CT molecular complexity index is 277. The lowest BCUT2D eigenvalue weighted by Crippen LogP contribution is -2.22. The van der Waals surface area contributed by atoms with E-state index < -0.39 is 11.9 Å². The van der Waals surface area contributed by atoms with E-state index in [1.165, 1.54) is 0 Å². The van der Waals surface area contributed by atoms with Crippen molar-refractivity contribution in [2.45, 2.75) is 34.1 Å². The van der Waals surface area contributed by atoms with Gasteiger partial charge in [-0.25, -0.2) is 9.59 Å². The van der Waals surface area contributed by atoms with Crippen LogP contribution in [0.5, 0.6) is 0 Å². The fourth-order valence-corrected chi connectivity index (χ4v) is 0.891. The molecule has 0 radical (unpaired) electrons. The Balaban J connectivity index is 3.91. The first-order valence-electron chi connectivity index (χ1n) is 5.33. The third-order valence-corrected chi connectivity index (χ3v) is 2.92. The van der Waals surface area contributed by atoms with Crippen LogP contribution in [-0.2, 0) is 14.3 Å². The largest absolute Gasteiger partial charge is 0.478 e. The average Bonchev–Trinajstić information content (AvgIpc) is 2.14. The quantitative estimate of drug-likeness (QED) is 0.559. The van der Waals surface area contributed by atoms with Crippen molar-refractivity contribution in [3.63, 3.8) is 0 Å². The molecule has 0 aromatic heterocycles.